The van der Waals surface area contributed by atoms with Gasteiger partial charge in [-0.3, -0.25) is 0 Å². The van der Waals surface area contributed by atoms with E-state index in [2.05, 4.69) is 12.6 Å². The highest BCUT2D eigenvalue weighted by Crippen LogP contribution is 1.92. The molecule has 0 bridgehead atoms. The quantitative estimate of drug-likeness (QED) is 0.362. The van der Waals surface area contributed by atoms with E-state index < -0.39 is 12.2 Å². The zero-order valence-corrected chi connectivity index (χ0v) is 5.38. The van der Waals surface area contributed by atoms with Crippen LogP contribution >= 0.6 is 12.6 Å². The van der Waals surface area contributed by atoms with E-state index in [9.17, 15) is 0 Å². The summed E-state index contributed by atoms with van der Waals surface area (Å²) in [7, 11) is 0. The van der Waals surface area contributed by atoms with Crippen molar-refractivity contribution in [1.82, 2.24) is 0 Å². The lowest BCUT2D eigenvalue weighted by Gasteiger charge is -2.11. The summed E-state index contributed by atoms with van der Waals surface area (Å²) in [6.07, 6.45) is -1.61. The molecule has 4 N–H and O–H groups in total. The van der Waals surface area contributed by atoms with Crippen LogP contribution in [-0.4, -0.2) is 34.7 Å². The summed E-state index contributed by atoms with van der Waals surface area (Å²) in [5.74, 6) is 0.248. The van der Waals surface area contributed by atoms with E-state index in [0.29, 0.717) is 0 Å². The van der Waals surface area contributed by atoms with Gasteiger partial charge in [-0.05, 0) is 0 Å². The fraction of sp³-hybridized carbons (Fsp3) is 1.00. The number of aliphatic hydroxyl groups is 2. The largest absolute Gasteiger partial charge is 0.390 e. The molecule has 0 spiro atoms. The number of hydrogen-bond donors (Lipinski definition) is 4. The average molecular weight is 137 g/mol. The van der Waals surface area contributed by atoms with Crippen molar-refractivity contribution < 1.29 is 10.2 Å². The molecule has 0 radical (unpaired) electrons. The standard InChI is InChI=1S/C4H11NO2S/c5-1-3(6)4(7)2-8/h3-4,6-8H,1-2,5H2. The molecular weight excluding hydrogens is 126 g/mol. The molecule has 0 rings (SSSR count). The normalized spacial score (nSPS) is 18.0. The predicted octanol–water partition coefficient (Wildman–Crippen LogP) is -1.40. The lowest BCUT2D eigenvalue weighted by atomic mass is 10.2. The highest BCUT2D eigenvalue weighted by Gasteiger charge is 2.10. The molecule has 3 nitrogen and oxygen atoms in total. The lowest BCUT2D eigenvalue weighted by molar-refractivity contribution is 0.0406. The van der Waals surface area contributed by atoms with Crippen LogP contribution in [0.3, 0.4) is 0 Å². The molecule has 0 saturated carbocycles. The fourth-order valence-corrected chi connectivity index (χ4v) is 0.522. The second-order valence-corrected chi connectivity index (χ2v) is 1.92. The highest BCUT2D eigenvalue weighted by atomic mass is 32.1. The van der Waals surface area contributed by atoms with Crippen LogP contribution < -0.4 is 5.73 Å². The maximum Gasteiger partial charge on any atom is 0.0928 e. The summed E-state index contributed by atoms with van der Waals surface area (Å²) in [5.41, 5.74) is 5.00. The summed E-state index contributed by atoms with van der Waals surface area (Å²) in [6, 6.07) is 0. The van der Waals surface area contributed by atoms with Crippen LogP contribution in [0.2, 0.25) is 0 Å². The van der Waals surface area contributed by atoms with E-state index in [1.165, 1.54) is 0 Å². The van der Waals surface area contributed by atoms with Gasteiger partial charge in [-0.1, -0.05) is 0 Å². The van der Waals surface area contributed by atoms with Gasteiger partial charge in [-0.2, -0.15) is 12.6 Å². The zero-order chi connectivity index (χ0) is 6.57. The second-order valence-electron chi connectivity index (χ2n) is 1.55. The first-order valence-corrected chi connectivity index (χ1v) is 3.02. The second kappa shape index (κ2) is 4.14. The Morgan fingerprint density at radius 3 is 2.00 bits per heavy atom. The molecule has 0 aromatic rings. The Hall–Kier alpha value is 0.230. The Morgan fingerprint density at radius 2 is 1.88 bits per heavy atom. The van der Waals surface area contributed by atoms with Crippen LogP contribution in [-0.2, 0) is 0 Å². The van der Waals surface area contributed by atoms with Crippen molar-refractivity contribution in [3.8, 4) is 0 Å². The third-order valence-corrected chi connectivity index (χ3v) is 1.25. The van der Waals surface area contributed by atoms with Crippen LogP contribution in [0.1, 0.15) is 0 Å². The minimum Gasteiger partial charge on any atom is -0.390 e. The Morgan fingerprint density at radius 1 is 1.38 bits per heavy atom. The molecule has 0 saturated heterocycles. The van der Waals surface area contributed by atoms with Crippen molar-refractivity contribution in [3.63, 3.8) is 0 Å². The molecule has 0 aliphatic carbocycles. The van der Waals surface area contributed by atoms with Gasteiger partial charge in [0.25, 0.3) is 0 Å². The van der Waals surface area contributed by atoms with Gasteiger partial charge in [-0.25, -0.2) is 0 Å². The number of aliphatic hydroxyl groups excluding tert-OH is 2. The maximum atomic E-state index is 8.72. The van der Waals surface area contributed by atoms with Crippen molar-refractivity contribution in [1.29, 1.82) is 0 Å². The lowest BCUT2D eigenvalue weighted by Crippen LogP contribution is -2.34. The Labute approximate surface area is 53.9 Å². The summed E-state index contributed by atoms with van der Waals surface area (Å²) in [5, 5.41) is 17.4. The molecule has 2 unspecified atom stereocenters. The summed E-state index contributed by atoms with van der Waals surface area (Å²) < 4.78 is 0. The van der Waals surface area contributed by atoms with Crippen LogP contribution in [0.4, 0.5) is 0 Å². The monoisotopic (exact) mass is 137 g/mol. The smallest absolute Gasteiger partial charge is 0.0928 e. The molecule has 0 aliphatic rings. The summed E-state index contributed by atoms with van der Waals surface area (Å²) >= 11 is 3.74. The molecule has 50 valence electrons. The van der Waals surface area contributed by atoms with Crippen LogP contribution in [0, 0.1) is 0 Å². The Bertz CT molecular complexity index is 54.0. The van der Waals surface area contributed by atoms with Crippen molar-refractivity contribution in [3.05, 3.63) is 0 Å². The van der Waals surface area contributed by atoms with Crippen LogP contribution in [0.25, 0.3) is 0 Å². The van der Waals surface area contributed by atoms with Gasteiger partial charge in [0.2, 0.25) is 0 Å². The van der Waals surface area contributed by atoms with E-state index in [4.69, 9.17) is 15.9 Å². The van der Waals surface area contributed by atoms with Gasteiger partial charge < -0.3 is 15.9 Å². The topological polar surface area (TPSA) is 66.5 Å². The van der Waals surface area contributed by atoms with Crippen molar-refractivity contribution in [2.45, 2.75) is 12.2 Å². The Kier molecular flexibility index (Phi) is 4.26. The first kappa shape index (κ1) is 8.23. The van der Waals surface area contributed by atoms with Crippen LogP contribution in [0.15, 0.2) is 0 Å². The van der Waals surface area contributed by atoms with E-state index in [1.807, 2.05) is 0 Å². The van der Waals surface area contributed by atoms with Crippen molar-refractivity contribution in [2.75, 3.05) is 12.3 Å². The first-order valence-electron chi connectivity index (χ1n) is 2.39. The molecular formula is C4H11NO2S. The van der Waals surface area contributed by atoms with Crippen molar-refractivity contribution in [2.24, 2.45) is 5.73 Å². The number of rotatable bonds is 3. The van der Waals surface area contributed by atoms with E-state index in [-0.39, 0.29) is 12.3 Å². The maximum absolute atomic E-state index is 8.72. The molecule has 4 heteroatoms. The molecule has 0 amide bonds. The average Bonchev–Trinajstić information content (AvgIpc) is 1.84. The van der Waals surface area contributed by atoms with Crippen molar-refractivity contribution >= 4 is 12.6 Å². The zero-order valence-electron chi connectivity index (χ0n) is 4.49. The van der Waals surface area contributed by atoms with Gasteiger partial charge in [0, 0.05) is 12.3 Å². The third kappa shape index (κ3) is 2.52. The molecule has 0 aliphatic heterocycles. The van der Waals surface area contributed by atoms with Gasteiger partial charge >= 0.3 is 0 Å². The van der Waals surface area contributed by atoms with Gasteiger partial charge in [-0.15, -0.1) is 0 Å². The first-order chi connectivity index (χ1) is 3.72. The SMILES string of the molecule is NCC(O)C(O)CS. The molecule has 0 heterocycles. The number of nitrogens with two attached hydrogens (primary N) is 1. The molecule has 0 aromatic heterocycles. The van der Waals surface area contributed by atoms with Gasteiger partial charge in [0.05, 0.1) is 12.2 Å². The molecule has 0 fully saturated rings. The number of thiol groups is 1. The predicted molar refractivity (Wildman–Crippen MR) is 34.9 cm³/mol. The van der Waals surface area contributed by atoms with E-state index in [0.717, 1.165) is 0 Å². The fourth-order valence-electron chi connectivity index (χ4n) is 0.279. The Balaban J connectivity index is 3.29. The van der Waals surface area contributed by atoms with E-state index in [1.54, 1.807) is 0 Å². The molecule has 0 aromatic carbocycles. The minimum absolute atomic E-state index is 0.0850. The molecule has 2 atom stereocenters. The number of hydrogen-bond acceptors (Lipinski definition) is 4. The summed E-state index contributed by atoms with van der Waals surface area (Å²) in [4.78, 5) is 0. The molecule has 8 heavy (non-hydrogen) atoms. The van der Waals surface area contributed by atoms with Crippen LogP contribution in [0.5, 0.6) is 0 Å². The third-order valence-electron chi connectivity index (χ3n) is 0.873. The van der Waals surface area contributed by atoms with E-state index >= 15 is 0 Å². The van der Waals surface area contributed by atoms with Gasteiger partial charge in [0.1, 0.15) is 0 Å². The highest BCUT2D eigenvalue weighted by molar-refractivity contribution is 7.80. The van der Waals surface area contributed by atoms with Gasteiger partial charge in [0.15, 0.2) is 0 Å². The summed E-state index contributed by atoms with van der Waals surface area (Å²) in [6.45, 7) is 0.0850. The minimum atomic E-state index is -0.826.